The van der Waals surface area contributed by atoms with Crippen LogP contribution in [0.25, 0.3) is 0 Å². The van der Waals surface area contributed by atoms with Crippen molar-refractivity contribution in [3.8, 4) is 0 Å². The molecule has 1 heterocycles. The Morgan fingerprint density at radius 3 is 3.08 bits per heavy atom. The molecular formula is C9H15N3S. The fourth-order valence-electron chi connectivity index (χ4n) is 1.54. The van der Waals surface area contributed by atoms with Crippen LogP contribution in [0.4, 0.5) is 0 Å². The van der Waals surface area contributed by atoms with Crippen LogP contribution >= 0.6 is 11.5 Å². The SMILES string of the molecule is CCCNC(c1cnns1)C1CC1. The van der Waals surface area contributed by atoms with Gasteiger partial charge in [0.15, 0.2) is 0 Å². The van der Waals surface area contributed by atoms with E-state index >= 15 is 0 Å². The molecule has 0 aromatic carbocycles. The molecule has 0 saturated heterocycles. The van der Waals surface area contributed by atoms with Crippen molar-refractivity contribution < 1.29 is 0 Å². The van der Waals surface area contributed by atoms with Crippen LogP contribution in [0.3, 0.4) is 0 Å². The summed E-state index contributed by atoms with van der Waals surface area (Å²) in [5, 5.41) is 7.45. The van der Waals surface area contributed by atoms with E-state index in [4.69, 9.17) is 0 Å². The van der Waals surface area contributed by atoms with Gasteiger partial charge in [-0.1, -0.05) is 11.4 Å². The maximum absolute atomic E-state index is 3.91. The van der Waals surface area contributed by atoms with Gasteiger partial charge in [0, 0.05) is 6.04 Å². The van der Waals surface area contributed by atoms with Crippen molar-refractivity contribution in [1.29, 1.82) is 0 Å². The van der Waals surface area contributed by atoms with E-state index in [1.807, 2.05) is 6.20 Å². The molecule has 4 heteroatoms. The highest BCUT2D eigenvalue weighted by molar-refractivity contribution is 7.05. The molecule has 2 rings (SSSR count). The van der Waals surface area contributed by atoms with Crippen LogP contribution in [-0.4, -0.2) is 16.1 Å². The molecule has 3 nitrogen and oxygen atoms in total. The number of hydrogen-bond donors (Lipinski definition) is 1. The molecule has 0 bridgehead atoms. The van der Waals surface area contributed by atoms with E-state index in [2.05, 4.69) is 21.8 Å². The van der Waals surface area contributed by atoms with Gasteiger partial charge in [0.25, 0.3) is 0 Å². The lowest BCUT2D eigenvalue weighted by Gasteiger charge is -2.14. The Labute approximate surface area is 82.7 Å². The largest absolute Gasteiger partial charge is 0.309 e. The van der Waals surface area contributed by atoms with Crippen LogP contribution in [0.15, 0.2) is 6.20 Å². The number of hydrogen-bond acceptors (Lipinski definition) is 4. The van der Waals surface area contributed by atoms with Crippen molar-refractivity contribution in [3.63, 3.8) is 0 Å². The first kappa shape index (κ1) is 9.09. The van der Waals surface area contributed by atoms with Gasteiger partial charge >= 0.3 is 0 Å². The molecule has 1 N–H and O–H groups in total. The summed E-state index contributed by atoms with van der Waals surface area (Å²) in [6.07, 6.45) is 5.81. The van der Waals surface area contributed by atoms with Gasteiger partial charge < -0.3 is 5.32 Å². The summed E-state index contributed by atoms with van der Waals surface area (Å²) in [6, 6.07) is 0.528. The van der Waals surface area contributed by atoms with Crippen molar-refractivity contribution in [1.82, 2.24) is 14.9 Å². The van der Waals surface area contributed by atoms with Crippen LogP contribution in [0, 0.1) is 5.92 Å². The second-order valence-corrected chi connectivity index (χ2v) is 4.41. The van der Waals surface area contributed by atoms with Crippen LogP contribution in [0.5, 0.6) is 0 Å². The van der Waals surface area contributed by atoms with E-state index in [0.717, 1.165) is 12.5 Å². The molecule has 72 valence electrons. The molecule has 1 fully saturated rings. The van der Waals surface area contributed by atoms with E-state index in [1.54, 1.807) is 0 Å². The first-order valence-electron chi connectivity index (χ1n) is 4.92. The summed E-state index contributed by atoms with van der Waals surface area (Å²) >= 11 is 1.53. The lowest BCUT2D eigenvalue weighted by atomic mass is 10.1. The van der Waals surface area contributed by atoms with Crippen molar-refractivity contribution >= 4 is 11.5 Å². The van der Waals surface area contributed by atoms with E-state index < -0.39 is 0 Å². The van der Waals surface area contributed by atoms with Crippen molar-refractivity contribution in [2.75, 3.05) is 6.54 Å². The Bertz CT molecular complexity index is 243. The molecule has 1 atom stereocenters. The Hall–Kier alpha value is -0.480. The standard InChI is InChI=1S/C9H15N3S/c1-2-5-10-9(7-3-4-7)8-6-11-12-13-8/h6-7,9-10H,2-5H2,1H3. The fraction of sp³-hybridized carbons (Fsp3) is 0.778. The van der Waals surface area contributed by atoms with Crippen LogP contribution in [-0.2, 0) is 0 Å². The Morgan fingerprint density at radius 2 is 2.54 bits per heavy atom. The predicted molar refractivity (Wildman–Crippen MR) is 53.7 cm³/mol. The minimum atomic E-state index is 0.528. The molecule has 1 unspecified atom stereocenters. The van der Waals surface area contributed by atoms with Crippen LogP contribution < -0.4 is 5.32 Å². The van der Waals surface area contributed by atoms with Crippen molar-refractivity contribution in [3.05, 3.63) is 11.1 Å². The lowest BCUT2D eigenvalue weighted by molar-refractivity contribution is 0.487. The molecule has 0 spiro atoms. The summed E-state index contributed by atoms with van der Waals surface area (Å²) in [4.78, 5) is 1.30. The summed E-state index contributed by atoms with van der Waals surface area (Å²) in [7, 11) is 0. The zero-order valence-electron chi connectivity index (χ0n) is 7.86. The van der Waals surface area contributed by atoms with Gasteiger partial charge in [0.05, 0.1) is 11.1 Å². The molecule has 0 radical (unpaired) electrons. The summed E-state index contributed by atoms with van der Waals surface area (Å²) in [5.74, 6) is 0.841. The molecule has 0 amide bonds. The lowest BCUT2D eigenvalue weighted by Crippen LogP contribution is -2.22. The average molecular weight is 197 g/mol. The predicted octanol–water partition coefficient (Wildman–Crippen LogP) is 1.99. The minimum Gasteiger partial charge on any atom is -0.309 e. The first-order chi connectivity index (χ1) is 6.42. The van der Waals surface area contributed by atoms with E-state index in [9.17, 15) is 0 Å². The molecule has 1 aliphatic carbocycles. The smallest absolute Gasteiger partial charge is 0.0669 e. The van der Waals surface area contributed by atoms with Crippen molar-refractivity contribution in [2.24, 2.45) is 5.92 Å². The summed E-state index contributed by atoms with van der Waals surface area (Å²) in [5.41, 5.74) is 0. The molecule has 0 aliphatic heterocycles. The third-order valence-corrected chi connectivity index (χ3v) is 3.14. The van der Waals surface area contributed by atoms with E-state index in [-0.39, 0.29) is 0 Å². The van der Waals surface area contributed by atoms with Gasteiger partial charge in [-0.05, 0) is 43.3 Å². The highest BCUT2D eigenvalue weighted by Crippen LogP contribution is 2.41. The van der Waals surface area contributed by atoms with Gasteiger partial charge in [0.1, 0.15) is 0 Å². The second-order valence-electron chi connectivity index (χ2n) is 3.59. The van der Waals surface area contributed by atoms with Crippen molar-refractivity contribution in [2.45, 2.75) is 32.2 Å². The average Bonchev–Trinajstić information content (AvgIpc) is 2.82. The van der Waals surface area contributed by atoms with E-state index in [0.29, 0.717) is 6.04 Å². The zero-order chi connectivity index (χ0) is 9.10. The highest BCUT2D eigenvalue weighted by atomic mass is 32.1. The molecule has 1 aromatic rings. The topological polar surface area (TPSA) is 37.8 Å². The summed E-state index contributed by atoms with van der Waals surface area (Å²) < 4.78 is 3.91. The minimum absolute atomic E-state index is 0.528. The Morgan fingerprint density at radius 1 is 1.69 bits per heavy atom. The number of rotatable bonds is 5. The molecule has 1 aromatic heterocycles. The van der Waals surface area contributed by atoms with Gasteiger partial charge in [-0.25, -0.2) is 0 Å². The second kappa shape index (κ2) is 4.15. The van der Waals surface area contributed by atoms with Gasteiger partial charge in [-0.3, -0.25) is 0 Å². The maximum Gasteiger partial charge on any atom is 0.0669 e. The molecular weight excluding hydrogens is 182 g/mol. The van der Waals surface area contributed by atoms with Crippen LogP contribution in [0.2, 0.25) is 0 Å². The van der Waals surface area contributed by atoms with Gasteiger partial charge in [-0.2, -0.15) is 0 Å². The van der Waals surface area contributed by atoms with E-state index in [1.165, 1.54) is 35.7 Å². The third kappa shape index (κ3) is 2.25. The highest BCUT2D eigenvalue weighted by Gasteiger charge is 2.32. The Kier molecular flexibility index (Phi) is 2.90. The first-order valence-corrected chi connectivity index (χ1v) is 5.69. The number of nitrogens with one attached hydrogen (secondary N) is 1. The molecule has 13 heavy (non-hydrogen) atoms. The normalized spacial score (nSPS) is 18.8. The monoisotopic (exact) mass is 197 g/mol. The van der Waals surface area contributed by atoms with Gasteiger partial charge in [-0.15, -0.1) is 5.10 Å². The summed E-state index contributed by atoms with van der Waals surface area (Å²) in [6.45, 7) is 3.29. The van der Waals surface area contributed by atoms with Crippen LogP contribution in [0.1, 0.15) is 37.1 Å². The number of aromatic nitrogens is 2. The quantitative estimate of drug-likeness (QED) is 0.784. The number of nitrogens with zero attached hydrogens (tertiary/aromatic N) is 2. The maximum atomic E-state index is 3.91. The van der Waals surface area contributed by atoms with Gasteiger partial charge in [0.2, 0.25) is 0 Å². The molecule has 1 saturated carbocycles. The fourth-order valence-corrected chi connectivity index (χ4v) is 2.21. The molecule has 1 aliphatic rings. The third-order valence-electron chi connectivity index (χ3n) is 2.39. The Balaban J connectivity index is 1.97. The zero-order valence-corrected chi connectivity index (χ0v) is 8.68.